The van der Waals surface area contributed by atoms with Crippen LogP contribution in [-0.2, 0) is 14.3 Å². The summed E-state index contributed by atoms with van der Waals surface area (Å²) in [7, 11) is 1.58. The summed E-state index contributed by atoms with van der Waals surface area (Å²) in [5.41, 5.74) is 0.420. The second-order valence-electron chi connectivity index (χ2n) is 5.34. The lowest BCUT2D eigenvalue weighted by Crippen LogP contribution is -2.51. The summed E-state index contributed by atoms with van der Waals surface area (Å²) in [6.07, 6.45) is 0. The van der Waals surface area contributed by atoms with E-state index in [0.717, 1.165) is 0 Å². The number of carbonyl (C=O) groups is 2. The predicted molar refractivity (Wildman–Crippen MR) is 91.6 cm³/mol. The largest absolute Gasteiger partial charge is 0.382 e. The SMILES string of the molecule is COCCOCC(=O)N1CCN(C(=O)c2ccc(Cl)cc2Cl)CC1. The number of ether oxygens (including phenoxy) is 2. The van der Waals surface area contributed by atoms with Crippen LogP contribution in [0, 0.1) is 0 Å². The molecule has 0 N–H and O–H groups in total. The van der Waals surface area contributed by atoms with Crippen LogP contribution in [0.25, 0.3) is 0 Å². The van der Waals surface area contributed by atoms with E-state index >= 15 is 0 Å². The third-order valence-corrected chi connectivity index (χ3v) is 4.29. The molecule has 1 aliphatic heterocycles. The maximum Gasteiger partial charge on any atom is 0.255 e. The van der Waals surface area contributed by atoms with Gasteiger partial charge in [0.25, 0.3) is 5.91 Å². The molecular weight excluding hydrogens is 355 g/mol. The van der Waals surface area contributed by atoms with Crippen molar-refractivity contribution >= 4 is 35.0 Å². The summed E-state index contributed by atoms with van der Waals surface area (Å²) < 4.78 is 10.1. The topological polar surface area (TPSA) is 59.1 Å². The van der Waals surface area contributed by atoms with E-state index in [-0.39, 0.29) is 18.4 Å². The molecule has 1 aromatic rings. The zero-order chi connectivity index (χ0) is 17.5. The van der Waals surface area contributed by atoms with E-state index in [9.17, 15) is 9.59 Å². The molecule has 2 amide bonds. The fourth-order valence-electron chi connectivity index (χ4n) is 2.39. The van der Waals surface area contributed by atoms with Gasteiger partial charge >= 0.3 is 0 Å². The minimum absolute atomic E-state index is 0.0281. The molecule has 0 atom stereocenters. The molecule has 24 heavy (non-hydrogen) atoms. The van der Waals surface area contributed by atoms with Gasteiger partial charge in [-0.15, -0.1) is 0 Å². The van der Waals surface area contributed by atoms with Gasteiger partial charge in [-0.05, 0) is 18.2 Å². The molecule has 0 aliphatic carbocycles. The Morgan fingerprint density at radius 3 is 2.38 bits per heavy atom. The second kappa shape index (κ2) is 9.22. The summed E-state index contributed by atoms with van der Waals surface area (Å²) in [6.45, 7) is 2.74. The van der Waals surface area contributed by atoms with Crippen molar-refractivity contribution in [3.8, 4) is 0 Å². The Labute approximate surface area is 151 Å². The highest BCUT2D eigenvalue weighted by molar-refractivity contribution is 6.36. The Kier molecular flexibility index (Phi) is 7.30. The molecule has 8 heteroatoms. The summed E-state index contributed by atoms with van der Waals surface area (Å²) >= 11 is 11.9. The number of carbonyl (C=O) groups excluding carboxylic acids is 2. The van der Waals surface area contributed by atoms with E-state index in [4.69, 9.17) is 32.7 Å². The van der Waals surface area contributed by atoms with Crippen LogP contribution >= 0.6 is 23.2 Å². The molecule has 0 unspecified atom stereocenters. The van der Waals surface area contributed by atoms with E-state index in [2.05, 4.69) is 0 Å². The molecule has 2 rings (SSSR count). The van der Waals surface area contributed by atoms with E-state index in [1.807, 2.05) is 0 Å². The predicted octanol–water partition coefficient (Wildman–Crippen LogP) is 1.94. The van der Waals surface area contributed by atoms with Gasteiger partial charge in [0.1, 0.15) is 6.61 Å². The second-order valence-corrected chi connectivity index (χ2v) is 6.19. The number of rotatable bonds is 6. The average Bonchev–Trinajstić information content (AvgIpc) is 2.58. The van der Waals surface area contributed by atoms with Gasteiger partial charge in [-0.25, -0.2) is 0 Å². The minimum Gasteiger partial charge on any atom is -0.382 e. The molecule has 132 valence electrons. The first-order chi connectivity index (χ1) is 11.5. The van der Waals surface area contributed by atoms with Crippen LogP contribution in [0.5, 0.6) is 0 Å². The summed E-state index contributed by atoms with van der Waals surface area (Å²) in [4.78, 5) is 27.9. The Morgan fingerprint density at radius 1 is 1.08 bits per heavy atom. The number of amides is 2. The fourth-order valence-corrected chi connectivity index (χ4v) is 2.87. The molecule has 0 aromatic heterocycles. The van der Waals surface area contributed by atoms with Crippen LogP contribution in [0.4, 0.5) is 0 Å². The van der Waals surface area contributed by atoms with Gasteiger partial charge in [0.2, 0.25) is 5.91 Å². The van der Waals surface area contributed by atoms with Crippen LogP contribution in [0.15, 0.2) is 18.2 Å². The minimum atomic E-state index is -0.153. The molecule has 0 spiro atoms. The van der Waals surface area contributed by atoms with Crippen LogP contribution < -0.4 is 0 Å². The number of piperazine rings is 1. The average molecular weight is 375 g/mol. The third-order valence-electron chi connectivity index (χ3n) is 3.74. The molecule has 1 saturated heterocycles. The summed E-state index contributed by atoms with van der Waals surface area (Å²) in [5, 5.41) is 0.818. The highest BCUT2D eigenvalue weighted by Gasteiger charge is 2.25. The quantitative estimate of drug-likeness (QED) is 0.714. The van der Waals surface area contributed by atoms with Gasteiger partial charge in [0.05, 0.1) is 23.8 Å². The summed E-state index contributed by atoms with van der Waals surface area (Å²) in [5.74, 6) is -0.233. The Bertz CT molecular complexity index is 589. The van der Waals surface area contributed by atoms with Crippen LogP contribution in [0.3, 0.4) is 0 Å². The van der Waals surface area contributed by atoms with E-state index < -0.39 is 0 Å². The van der Waals surface area contributed by atoms with Gasteiger partial charge in [-0.2, -0.15) is 0 Å². The first-order valence-corrected chi connectivity index (χ1v) is 8.37. The monoisotopic (exact) mass is 374 g/mol. The highest BCUT2D eigenvalue weighted by Crippen LogP contribution is 2.22. The number of halogens is 2. The number of nitrogens with zero attached hydrogens (tertiary/aromatic N) is 2. The van der Waals surface area contributed by atoms with Gasteiger partial charge in [-0.3, -0.25) is 9.59 Å². The number of methoxy groups -OCH3 is 1. The maximum absolute atomic E-state index is 12.5. The normalized spacial score (nSPS) is 14.8. The van der Waals surface area contributed by atoms with Crippen molar-refractivity contribution in [3.05, 3.63) is 33.8 Å². The first kappa shape index (κ1) is 19.0. The molecule has 0 radical (unpaired) electrons. The van der Waals surface area contributed by atoms with E-state index in [1.165, 1.54) is 0 Å². The van der Waals surface area contributed by atoms with E-state index in [0.29, 0.717) is 55.0 Å². The first-order valence-electron chi connectivity index (χ1n) is 7.61. The maximum atomic E-state index is 12.5. The van der Waals surface area contributed by atoms with Gasteiger partial charge in [0, 0.05) is 38.3 Å². The zero-order valence-corrected chi connectivity index (χ0v) is 15.0. The van der Waals surface area contributed by atoms with Crippen LogP contribution in [0.2, 0.25) is 10.0 Å². The molecule has 1 aliphatic rings. The highest BCUT2D eigenvalue weighted by atomic mass is 35.5. The van der Waals surface area contributed by atoms with Crippen molar-refractivity contribution in [2.75, 3.05) is 53.1 Å². The van der Waals surface area contributed by atoms with Crippen molar-refractivity contribution in [2.24, 2.45) is 0 Å². The molecule has 1 aromatic carbocycles. The lowest BCUT2D eigenvalue weighted by Gasteiger charge is -2.35. The van der Waals surface area contributed by atoms with Crippen molar-refractivity contribution in [1.82, 2.24) is 9.80 Å². The Morgan fingerprint density at radius 2 is 1.75 bits per heavy atom. The molecule has 1 heterocycles. The summed E-state index contributed by atoms with van der Waals surface area (Å²) in [6, 6.07) is 4.81. The van der Waals surface area contributed by atoms with Gasteiger partial charge in [-0.1, -0.05) is 23.2 Å². The zero-order valence-electron chi connectivity index (χ0n) is 13.5. The smallest absolute Gasteiger partial charge is 0.255 e. The van der Waals surface area contributed by atoms with Crippen molar-refractivity contribution in [1.29, 1.82) is 0 Å². The van der Waals surface area contributed by atoms with Gasteiger partial charge < -0.3 is 19.3 Å². The molecule has 1 fully saturated rings. The number of benzene rings is 1. The fraction of sp³-hybridized carbons (Fsp3) is 0.500. The van der Waals surface area contributed by atoms with Crippen molar-refractivity contribution in [2.45, 2.75) is 0 Å². The van der Waals surface area contributed by atoms with Crippen LogP contribution in [0.1, 0.15) is 10.4 Å². The lowest BCUT2D eigenvalue weighted by atomic mass is 10.2. The number of hydrogen-bond donors (Lipinski definition) is 0. The van der Waals surface area contributed by atoms with E-state index in [1.54, 1.807) is 35.1 Å². The lowest BCUT2D eigenvalue weighted by molar-refractivity contribution is -0.138. The van der Waals surface area contributed by atoms with Crippen LogP contribution in [-0.4, -0.2) is 74.7 Å². The standard InChI is InChI=1S/C16H20Cl2N2O4/c1-23-8-9-24-11-15(21)19-4-6-20(7-5-19)16(22)13-3-2-12(17)10-14(13)18/h2-3,10H,4-9,11H2,1H3. The molecule has 0 saturated carbocycles. The molecule has 6 nitrogen and oxygen atoms in total. The van der Waals surface area contributed by atoms with Crippen molar-refractivity contribution in [3.63, 3.8) is 0 Å². The Balaban J connectivity index is 1.83. The van der Waals surface area contributed by atoms with Crippen molar-refractivity contribution < 1.29 is 19.1 Å². The number of hydrogen-bond acceptors (Lipinski definition) is 4. The third kappa shape index (κ3) is 5.08. The molecule has 0 bridgehead atoms. The Hall–Kier alpha value is -1.34. The molecular formula is C16H20Cl2N2O4. The van der Waals surface area contributed by atoms with Gasteiger partial charge in [0.15, 0.2) is 0 Å².